The van der Waals surface area contributed by atoms with E-state index < -0.39 is 7.12 Å². The van der Waals surface area contributed by atoms with Gasteiger partial charge >= 0.3 is 7.12 Å². The molecule has 1 aromatic rings. The SMILES string of the molecule is Cl.OB(O)c1cnsc1. The van der Waals surface area contributed by atoms with Crippen LogP contribution in [0.2, 0.25) is 0 Å². The molecule has 1 aromatic heterocycles. The van der Waals surface area contributed by atoms with Crippen molar-refractivity contribution in [2.45, 2.75) is 0 Å². The molecule has 3 nitrogen and oxygen atoms in total. The van der Waals surface area contributed by atoms with Gasteiger partial charge in [-0.1, -0.05) is 0 Å². The maximum atomic E-state index is 8.43. The van der Waals surface area contributed by atoms with Crippen LogP contribution in [0.5, 0.6) is 0 Å². The van der Waals surface area contributed by atoms with Crippen molar-refractivity contribution in [3.63, 3.8) is 0 Å². The van der Waals surface area contributed by atoms with Crippen LogP contribution in [0.25, 0.3) is 0 Å². The molecule has 0 spiro atoms. The van der Waals surface area contributed by atoms with Gasteiger partial charge in [0.05, 0.1) is 0 Å². The fraction of sp³-hybridized carbons (Fsp3) is 0. The summed E-state index contributed by atoms with van der Waals surface area (Å²) in [7, 11) is -1.37. The van der Waals surface area contributed by atoms with Crippen molar-refractivity contribution in [3.05, 3.63) is 11.6 Å². The van der Waals surface area contributed by atoms with Crippen LogP contribution in [0.3, 0.4) is 0 Å². The third-order valence-electron chi connectivity index (χ3n) is 0.750. The molecule has 0 amide bonds. The highest BCUT2D eigenvalue weighted by molar-refractivity contribution is 7.04. The summed E-state index contributed by atoms with van der Waals surface area (Å²) < 4.78 is 3.67. The Hall–Kier alpha value is -0.0951. The van der Waals surface area contributed by atoms with Crippen LogP contribution in [0.1, 0.15) is 0 Å². The Kier molecular flexibility index (Phi) is 3.80. The van der Waals surface area contributed by atoms with Crippen LogP contribution in [-0.4, -0.2) is 21.5 Å². The van der Waals surface area contributed by atoms with Gasteiger partial charge in [-0.05, 0) is 11.5 Å². The van der Waals surface area contributed by atoms with Gasteiger partial charge in [0.2, 0.25) is 0 Å². The van der Waals surface area contributed by atoms with E-state index in [1.54, 1.807) is 5.38 Å². The minimum absolute atomic E-state index is 0. The number of hydrogen-bond donors (Lipinski definition) is 2. The number of aromatic nitrogens is 1. The van der Waals surface area contributed by atoms with Crippen molar-refractivity contribution in [1.82, 2.24) is 4.37 Å². The summed E-state index contributed by atoms with van der Waals surface area (Å²) in [6, 6.07) is 0. The second-order valence-corrected chi connectivity index (χ2v) is 1.99. The molecule has 0 aliphatic carbocycles. The van der Waals surface area contributed by atoms with E-state index in [1.807, 2.05) is 0 Å². The Morgan fingerprint density at radius 3 is 2.44 bits per heavy atom. The summed E-state index contributed by atoms with van der Waals surface area (Å²) in [5, 5.41) is 18.5. The molecule has 0 atom stereocenters. The Morgan fingerprint density at radius 1 is 1.56 bits per heavy atom. The number of nitrogens with zero attached hydrogens (tertiary/aromatic N) is 1. The van der Waals surface area contributed by atoms with E-state index in [4.69, 9.17) is 10.0 Å². The number of rotatable bonds is 1. The highest BCUT2D eigenvalue weighted by atomic mass is 35.5. The van der Waals surface area contributed by atoms with E-state index in [0.717, 1.165) is 0 Å². The zero-order chi connectivity index (χ0) is 5.98. The highest BCUT2D eigenvalue weighted by Crippen LogP contribution is 1.85. The molecule has 0 aromatic carbocycles. The Bertz CT molecular complexity index is 157. The maximum absolute atomic E-state index is 8.43. The topological polar surface area (TPSA) is 53.4 Å². The second kappa shape index (κ2) is 3.84. The van der Waals surface area contributed by atoms with Crippen molar-refractivity contribution < 1.29 is 10.0 Å². The molecule has 0 saturated carbocycles. The monoisotopic (exact) mass is 165 g/mol. The van der Waals surface area contributed by atoms with Crippen LogP contribution in [-0.2, 0) is 0 Å². The van der Waals surface area contributed by atoms with Gasteiger partial charge in [0.1, 0.15) is 0 Å². The minimum Gasteiger partial charge on any atom is -0.423 e. The standard InChI is InChI=1S/C3H4BNO2S.ClH/c6-4(7)3-1-5-8-2-3;/h1-2,6-7H;1H. The molecule has 6 heteroatoms. The molecule has 1 rings (SSSR count). The zero-order valence-electron chi connectivity index (χ0n) is 4.39. The summed E-state index contributed by atoms with van der Waals surface area (Å²) in [4.78, 5) is 0. The average molecular weight is 165 g/mol. The van der Waals surface area contributed by atoms with E-state index in [9.17, 15) is 0 Å². The smallest absolute Gasteiger partial charge is 0.423 e. The predicted octanol–water partition coefficient (Wildman–Crippen LogP) is -0.755. The molecular formula is C3H5BClNO2S. The molecule has 0 unspecified atom stereocenters. The van der Waals surface area contributed by atoms with Gasteiger partial charge in [-0.15, -0.1) is 12.4 Å². The van der Waals surface area contributed by atoms with Gasteiger partial charge in [-0.3, -0.25) is 0 Å². The molecule has 0 aliphatic rings. The van der Waals surface area contributed by atoms with Crippen LogP contribution >= 0.6 is 23.9 Å². The first kappa shape index (κ1) is 8.90. The van der Waals surface area contributed by atoms with Crippen molar-refractivity contribution in [2.75, 3.05) is 0 Å². The normalized spacial score (nSPS) is 8.22. The summed E-state index contributed by atoms with van der Waals surface area (Å²) in [5.41, 5.74) is 0.454. The Labute approximate surface area is 63.1 Å². The average Bonchev–Trinajstić information content (AvgIpc) is 2.12. The van der Waals surface area contributed by atoms with Gasteiger partial charge in [0.15, 0.2) is 0 Å². The van der Waals surface area contributed by atoms with Crippen LogP contribution < -0.4 is 5.46 Å². The van der Waals surface area contributed by atoms with E-state index in [2.05, 4.69) is 4.37 Å². The second-order valence-electron chi connectivity index (χ2n) is 1.33. The van der Waals surface area contributed by atoms with Crippen molar-refractivity contribution in [2.24, 2.45) is 0 Å². The van der Waals surface area contributed by atoms with Crippen molar-refractivity contribution in [1.29, 1.82) is 0 Å². The molecule has 0 bridgehead atoms. The predicted molar refractivity (Wildman–Crippen MR) is 39.2 cm³/mol. The largest absolute Gasteiger partial charge is 0.490 e. The molecule has 9 heavy (non-hydrogen) atoms. The Balaban J connectivity index is 0.000000640. The molecule has 0 aliphatic heterocycles. The lowest BCUT2D eigenvalue weighted by Gasteiger charge is -1.86. The molecule has 0 fully saturated rings. The zero-order valence-corrected chi connectivity index (χ0v) is 6.02. The number of halogens is 1. The van der Waals surface area contributed by atoms with Gasteiger partial charge in [-0.25, -0.2) is 4.37 Å². The van der Waals surface area contributed by atoms with E-state index >= 15 is 0 Å². The third-order valence-corrected chi connectivity index (χ3v) is 1.35. The quantitative estimate of drug-likeness (QED) is 0.538. The molecule has 50 valence electrons. The third kappa shape index (κ3) is 2.32. The van der Waals surface area contributed by atoms with E-state index in [0.29, 0.717) is 5.46 Å². The first-order valence-corrected chi connectivity index (χ1v) is 2.90. The highest BCUT2D eigenvalue weighted by Gasteiger charge is 2.10. The van der Waals surface area contributed by atoms with Crippen LogP contribution in [0.15, 0.2) is 11.6 Å². The maximum Gasteiger partial charge on any atom is 0.490 e. The lowest BCUT2D eigenvalue weighted by molar-refractivity contribution is 0.426. The van der Waals surface area contributed by atoms with Crippen molar-refractivity contribution in [3.8, 4) is 0 Å². The van der Waals surface area contributed by atoms with E-state index in [-0.39, 0.29) is 12.4 Å². The molecular weight excluding hydrogens is 160 g/mol. The van der Waals surface area contributed by atoms with Gasteiger partial charge in [0, 0.05) is 17.0 Å². The fourth-order valence-corrected chi connectivity index (χ4v) is 0.888. The minimum atomic E-state index is -1.37. The van der Waals surface area contributed by atoms with Crippen molar-refractivity contribution >= 4 is 36.5 Å². The molecule has 0 saturated heterocycles. The first-order chi connectivity index (χ1) is 3.80. The van der Waals surface area contributed by atoms with Crippen LogP contribution in [0, 0.1) is 0 Å². The summed E-state index contributed by atoms with van der Waals surface area (Å²) >= 11 is 1.20. The Morgan fingerprint density at radius 2 is 2.22 bits per heavy atom. The summed E-state index contributed by atoms with van der Waals surface area (Å²) in [6.07, 6.45) is 1.43. The molecule has 2 N–H and O–H groups in total. The van der Waals surface area contributed by atoms with Gasteiger partial charge in [-0.2, -0.15) is 0 Å². The molecule has 1 heterocycles. The van der Waals surface area contributed by atoms with Gasteiger partial charge < -0.3 is 10.0 Å². The first-order valence-electron chi connectivity index (χ1n) is 2.06. The molecule has 0 radical (unpaired) electrons. The van der Waals surface area contributed by atoms with E-state index in [1.165, 1.54) is 17.7 Å². The summed E-state index contributed by atoms with van der Waals surface area (Å²) in [6.45, 7) is 0. The lowest BCUT2D eigenvalue weighted by atomic mass is 9.84. The summed E-state index contributed by atoms with van der Waals surface area (Å²) in [5.74, 6) is 0. The number of hydrogen-bond acceptors (Lipinski definition) is 4. The van der Waals surface area contributed by atoms with Gasteiger partial charge in [0.25, 0.3) is 0 Å². The lowest BCUT2D eigenvalue weighted by Crippen LogP contribution is -2.27. The van der Waals surface area contributed by atoms with Crippen LogP contribution in [0.4, 0.5) is 0 Å². The fourth-order valence-electron chi connectivity index (χ4n) is 0.341.